The smallest absolute Gasteiger partial charge is 0.306 e. The zero-order chi connectivity index (χ0) is 10.8. The molecule has 0 atom stereocenters. The molecule has 0 spiro atoms. The molecule has 80 valence electrons. The summed E-state index contributed by atoms with van der Waals surface area (Å²) in [6, 6.07) is 0. The van der Waals surface area contributed by atoms with Crippen molar-refractivity contribution in [2.45, 2.75) is 25.7 Å². The summed E-state index contributed by atoms with van der Waals surface area (Å²) in [5, 5.41) is 0. The zero-order valence-corrected chi connectivity index (χ0v) is 8.33. The highest BCUT2D eigenvalue weighted by molar-refractivity contribution is 5.84. The largest absolute Gasteiger partial charge is 0.466 e. The Morgan fingerprint density at radius 3 is 2.64 bits per heavy atom. The van der Waals surface area contributed by atoms with Crippen molar-refractivity contribution in [2.24, 2.45) is 5.73 Å². The maximum Gasteiger partial charge on any atom is 0.306 e. The van der Waals surface area contributed by atoms with E-state index in [0.29, 0.717) is 6.61 Å². The highest BCUT2D eigenvalue weighted by Gasteiger charge is 2.05. The minimum absolute atomic E-state index is 0.0102. The molecule has 0 aromatic heterocycles. The average molecular weight is 199 g/mol. The van der Waals surface area contributed by atoms with E-state index in [-0.39, 0.29) is 31.1 Å². The normalized spacial score (nSPS) is 9.50. The first-order chi connectivity index (χ1) is 6.70. The molecule has 0 radical (unpaired) electrons. The molecule has 0 saturated heterocycles. The van der Waals surface area contributed by atoms with Crippen molar-refractivity contribution in [1.82, 2.24) is 0 Å². The number of nitrogens with two attached hydrogens (primary N) is 1. The van der Waals surface area contributed by atoms with Crippen LogP contribution in [-0.4, -0.2) is 24.9 Å². The Morgan fingerprint density at radius 1 is 1.36 bits per heavy atom. The molecule has 0 rings (SSSR count). The number of hydrogen-bond acceptors (Lipinski definition) is 4. The second kappa shape index (κ2) is 8.44. The molecule has 0 saturated carbocycles. The first-order valence-electron chi connectivity index (χ1n) is 4.69. The fourth-order valence-corrected chi connectivity index (χ4v) is 0.829. The van der Waals surface area contributed by atoms with Gasteiger partial charge in [0, 0.05) is 6.42 Å². The Labute approximate surface area is 84.1 Å². The highest BCUT2D eigenvalue weighted by atomic mass is 16.5. The van der Waals surface area contributed by atoms with Gasteiger partial charge in [-0.15, -0.1) is 6.58 Å². The number of Topliss-reactive ketones (excluding diaryl/α,β-unsaturated/α-hetero) is 1. The van der Waals surface area contributed by atoms with Gasteiger partial charge in [-0.05, 0) is 12.8 Å². The number of carbonyl (C=O) groups is 2. The van der Waals surface area contributed by atoms with E-state index in [2.05, 4.69) is 6.58 Å². The van der Waals surface area contributed by atoms with Crippen molar-refractivity contribution in [3.63, 3.8) is 0 Å². The van der Waals surface area contributed by atoms with Gasteiger partial charge in [0.05, 0.1) is 19.6 Å². The van der Waals surface area contributed by atoms with Crippen LogP contribution in [0.25, 0.3) is 0 Å². The Morgan fingerprint density at radius 2 is 2.07 bits per heavy atom. The van der Waals surface area contributed by atoms with Crippen LogP contribution >= 0.6 is 0 Å². The number of allylic oxidation sites excluding steroid dienone is 1. The van der Waals surface area contributed by atoms with Gasteiger partial charge in [0.15, 0.2) is 0 Å². The predicted molar refractivity (Wildman–Crippen MR) is 53.7 cm³/mol. The van der Waals surface area contributed by atoms with Gasteiger partial charge in [0.1, 0.15) is 5.78 Å². The van der Waals surface area contributed by atoms with E-state index in [1.165, 1.54) is 0 Å². The standard InChI is InChI=1S/C10H17NO3/c1-2-3-4-7-14-10(13)6-5-9(12)8-11/h2H,1,3-8,11H2. The molecule has 2 N–H and O–H groups in total. The number of hydrogen-bond donors (Lipinski definition) is 1. The Balaban J connectivity index is 3.36. The van der Waals surface area contributed by atoms with E-state index in [1.807, 2.05) is 0 Å². The number of carbonyl (C=O) groups excluding carboxylic acids is 2. The summed E-state index contributed by atoms with van der Waals surface area (Å²) in [6.45, 7) is 3.93. The van der Waals surface area contributed by atoms with Gasteiger partial charge in [-0.3, -0.25) is 9.59 Å². The molecule has 0 unspecified atom stereocenters. The molecule has 14 heavy (non-hydrogen) atoms. The van der Waals surface area contributed by atoms with Gasteiger partial charge in [0.2, 0.25) is 0 Å². The third-order valence-electron chi connectivity index (χ3n) is 1.65. The van der Waals surface area contributed by atoms with Crippen LogP contribution in [0.2, 0.25) is 0 Å². The van der Waals surface area contributed by atoms with Gasteiger partial charge in [0.25, 0.3) is 0 Å². The molecule has 0 amide bonds. The Hall–Kier alpha value is -1.16. The lowest BCUT2D eigenvalue weighted by molar-refractivity contribution is -0.144. The van der Waals surface area contributed by atoms with Crippen LogP contribution in [-0.2, 0) is 14.3 Å². The minimum Gasteiger partial charge on any atom is -0.466 e. The summed E-state index contributed by atoms with van der Waals surface area (Å²) in [6.07, 6.45) is 3.68. The van der Waals surface area contributed by atoms with E-state index in [1.54, 1.807) is 6.08 Å². The second-order valence-corrected chi connectivity index (χ2v) is 2.89. The SMILES string of the molecule is C=CCCCOC(=O)CCC(=O)CN. The van der Waals surface area contributed by atoms with Gasteiger partial charge < -0.3 is 10.5 Å². The monoisotopic (exact) mass is 199 g/mol. The molecule has 4 nitrogen and oxygen atoms in total. The lowest BCUT2D eigenvalue weighted by Crippen LogP contribution is -2.15. The van der Waals surface area contributed by atoms with Crippen LogP contribution in [0.1, 0.15) is 25.7 Å². The first kappa shape index (κ1) is 12.8. The molecular weight excluding hydrogens is 182 g/mol. The average Bonchev–Trinajstić information content (AvgIpc) is 2.21. The van der Waals surface area contributed by atoms with Crippen molar-refractivity contribution in [1.29, 1.82) is 0 Å². The Bertz CT molecular complexity index is 202. The molecule has 0 heterocycles. The molecule has 0 aromatic rings. The summed E-state index contributed by atoms with van der Waals surface area (Å²) < 4.78 is 4.86. The van der Waals surface area contributed by atoms with Crippen molar-refractivity contribution in [2.75, 3.05) is 13.2 Å². The van der Waals surface area contributed by atoms with Crippen LogP contribution < -0.4 is 5.73 Å². The molecule has 0 bridgehead atoms. The molecule has 0 fully saturated rings. The summed E-state index contributed by atoms with van der Waals surface area (Å²) in [5.41, 5.74) is 5.09. The fourth-order valence-electron chi connectivity index (χ4n) is 0.829. The lowest BCUT2D eigenvalue weighted by Gasteiger charge is -2.02. The number of unbranched alkanes of at least 4 members (excludes halogenated alkanes) is 1. The lowest BCUT2D eigenvalue weighted by atomic mass is 10.2. The van der Waals surface area contributed by atoms with Gasteiger partial charge >= 0.3 is 5.97 Å². The summed E-state index contributed by atoms with van der Waals surface area (Å²) in [4.78, 5) is 21.7. The number of rotatable bonds is 8. The van der Waals surface area contributed by atoms with Crippen LogP contribution in [0.4, 0.5) is 0 Å². The van der Waals surface area contributed by atoms with Gasteiger partial charge in [-0.1, -0.05) is 6.08 Å². The topological polar surface area (TPSA) is 69.4 Å². The molecule has 4 heteroatoms. The quantitative estimate of drug-likeness (QED) is 0.356. The van der Waals surface area contributed by atoms with E-state index < -0.39 is 0 Å². The van der Waals surface area contributed by atoms with E-state index in [0.717, 1.165) is 12.8 Å². The summed E-state index contributed by atoms with van der Waals surface area (Å²) in [5.74, 6) is -0.455. The van der Waals surface area contributed by atoms with E-state index >= 15 is 0 Å². The van der Waals surface area contributed by atoms with Crippen molar-refractivity contribution in [3.8, 4) is 0 Å². The van der Waals surface area contributed by atoms with Crippen LogP contribution in [0.15, 0.2) is 12.7 Å². The van der Waals surface area contributed by atoms with Gasteiger partial charge in [-0.2, -0.15) is 0 Å². The van der Waals surface area contributed by atoms with Crippen molar-refractivity contribution in [3.05, 3.63) is 12.7 Å². The van der Waals surface area contributed by atoms with Crippen molar-refractivity contribution < 1.29 is 14.3 Å². The van der Waals surface area contributed by atoms with Crippen LogP contribution in [0.5, 0.6) is 0 Å². The summed E-state index contributed by atoms with van der Waals surface area (Å²) in [7, 11) is 0. The third kappa shape index (κ3) is 7.49. The maximum atomic E-state index is 11.0. The van der Waals surface area contributed by atoms with Crippen molar-refractivity contribution >= 4 is 11.8 Å². The maximum absolute atomic E-state index is 11.0. The molecule has 0 aliphatic carbocycles. The molecule has 0 aromatic carbocycles. The number of esters is 1. The van der Waals surface area contributed by atoms with E-state index in [4.69, 9.17) is 10.5 Å². The van der Waals surface area contributed by atoms with E-state index in [9.17, 15) is 9.59 Å². The first-order valence-corrected chi connectivity index (χ1v) is 4.69. The highest BCUT2D eigenvalue weighted by Crippen LogP contribution is 1.96. The second-order valence-electron chi connectivity index (χ2n) is 2.89. The third-order valence-corrected chi connectivity index (χ3v) is 1.65. The Kier molecular flexibility index (Phi) is 7.74. The van der Waals surface area contributed by atoms with Crippen LogP contribution in [0.3, 0.4) is 0 Å². The van der Waals surface area contributed by atoms with Crippen LogP contribution in [0, 0.1) is 0 Å². The molecular formula is C10H17NO3. The predicted octanol–water partition coefficient (Wildman–Crippen LogP) is 0.804. The molecule has 0 aliphatic rings. The minimum atomic E-state index is -0.337. The summed E-state index contributed by atoms with van der Waals surface area (Å²) >= 11 is 0. The number of ether oxygens (including phenoxy) is 1. The fraction of sp³-hybridized carbons (Fsp3) is 0.600. The molecule has 0 aliphatic heterocycles. The number of ketones is 1. The zero-order valence-electron chi connectivity index (χ0n) is 8.33. The van der Waals surface area contributed by atoms with Gasteiger partial charge in [-0.25, -0.2) is 0 Å².